The third-order valence-electron chi connectivity index (χ3n) is 4.26. The van der Waals surface area contributed by atoms with E-state index in [0.717, 1.165) is 30.5 Å². The lowest BCUT2D eigenvalue weighted by Gasteiger charge is -2.21. The van der Waals surface area contributed by atoms with Crippen LogP contribution in [-0.4, -0.2) is 41.5 Å². The zero-order valence-electron chi connectivity index (χ0n) is 13.4. The fraction of sp³-hybridized carbons (Fsp3) is 0.294. The van der Waals surface area contributed by atoms with Crippen LogP contribution in [0.25, 0.3) is 21.7 Å². The molecule has 0 spiro atoms. The molecule has 0 unspecified atom stereocenters. The van der Waals surface area contributed by atoms with Crippen molar-refractivity contribution in [2.75, 3.05) is 20.7 Å². The number of fused-ring (bicyclic) bond motifs is 2. The summed E-state index contributed by atoms with van der Waals surface area (Å²) in [5.41, 5.74) is 2.40. The van der Waals surface area contributed by atoms with Gasteiger partial charge in [-0.05, 0) is 37.2 Å². The molecule has 124 valence electrons. The Morgan fingerprint density at radius 1 is 1.42 bits per heavy atom. The molecule has 0 atom stereocenters. The SMILES string of the molecule is COC(=O)c1cc(F)cc2[nH]c(-c3cc4c(s3)CN(C)CC4)nc12. The normalized spacial score (nSPS) is 14.8. The van der Waals surface area contributed by atoms with Gasteiger partial charge in [0.25, 0.3) is 0 Å². The number of carbonyl (C=O) groups is 1. The molecular weight excluding hydrogens is 329 g/mol. The van der Waals surface area contributed by atoms with Gasteiger partial charge in [-0.25, -0.2) is 14.2 Å². The Morgan fingerprint density at radius 3 is 3.04 bits per heavy atom. The number of hydrogen-bond donors (Lipinski definition) is 1. The summed E-state index contributed by atoms with van der Waals surface area (Å²) in [7, 11) is 3.38. The number of ether oxygens (including phenoxy) is 1. The highest BCUT2D eigenvalue weighted by atomic mass is 32.1. The van der Waals surface area contributed by atoms with Crippen LogP contribution in [0.2, 0.25) is 0 Å². The summed E-state index contributed by atoms with van der Waals surface area (Å²) in [5, 5.41) is 0. The third kappa shape index (κ3) is 2.50. The van der Waals surface area contributed by atoms with Gasteiger partial charge in [0, 0.05) is 18.0 Å². The quantitative estimate of drug-likeness (QED) is 0.725. The summed E-state index contributed by atoms with van der Waals surface area (Å²) >= 11 is 1.69. The maximum absolute atomic E-state index is 13.8. The molecule has 7 heteroatoms. The zero-order valence-corrected chi connectivity index (χ0v) is 14.2. The van der Waals surface area contributed by atoms with Gasteiger partial charge in [0.2, 0.25) is 0 Å². The average molecular weight is 345 g/mol. The van der Waals surface area contributed by atoms with Gasteiger partial charge in [-0.1, -0.05) is 0 Å². The number of benzene rings is 1. The van der Waals surface area contributed by atoms with Crippen molar-refractivity contribution < 1.29 is 13.9 Å². The molecule has 1 aliphatic heterocycles. The minimum atomic E-state index is -0.593. The Bertz CT molecular complexity index is 947. The van der Waals surface area contributed by atoms with Crippen LogP contribution < -0.4 is 0 Å². The lowest BCUT2D eigenvalue weighted by atomic mass is 10.1. The number of aromatic amines is 1. The number of carbonyl (C=O) groups excluding carboxylic acids is 1. The summed E-state index contributed by atoms with van der Waals surface area (Å²) in [6.07, 6.45) is 1.02. The largest absolute Gasteiger partial charge is 0.465 e. The number of thiophene rings is 1. The van der Waals surface area contributed by atoms with Crippen molar-refractivity contribution >= 4 is 28.3 Å². The number of H-pyrrole nitrogens is 1. The van der Waals surface area contributed by atoms with Crippen LogP contribution in [0.5, 0.6) is 0 Å². The van der Waals surface area contributed by atoms with E-state index in [2.05, 4.69) is 28.0 Å². The van der Waals surface area contributed by atoms with E-state index in [9.17, 15) is 9.18 Å². The fourth-order valence-electron chi connectivity index (χ4n) is 3.03. The molecule has 4 rings (SSSR count). The first kappa shape index (κ1) is 15.3. The van der Waals surface area contributed by atoms with Crippen molar-refractivity contribution in [2.45, 2.75) is 13.0 Å². The highest BCUT2D eigenvalue weighted by Crippen LogP contribution is 2.34. The number of halogens is 1. The van der Waals surface area contributed by atoms with E-state index in [1.165, 1.54) is 23.6 Å². The Labute approximate surface area is 142 Å². The van der Waals surface area contributed by atoms with Gasteiger partial charge in [-0.3, -0.25) is 0 Å². The number of rotatable bonds is 2. The summed E-state index contributed by atoms with van der Waals surface area (Å²) in [5.74, 6) is -0.433. The Balaban J connectivity index is 1.82. The molecule has 5 nitrogen and oxygen atoms in total. The molecule has 2 aromatic heterocycles. The lowest BCUT2D eigenvalue weighted by Crippen LogP contribution is -2.24. The van der Waals surface area contributed by atoms with E-state index in [1.807, 2.05) is 0 Å². The number of hydrogen-bond acceptors (Lipinski definition) is 5. The van der Waals surface area contributed by atoms with Gasteiger partial charge in [-0.2, -0.15) is 0 Å². The molecule has 0 amide bonds. The molecule has 0 saturated heterocycles. The van der Waals surface area contributed by atoms with Gasteiger partial charge in [0.05, 0.1) is 23.1 Å². The molecule has 3 heterocycles. The fourth-order valence-corrected chi connectivity index (χ4v) is 4.27. The Morgan fingerprint density at radius 2 is 2.25 bits per heavy atom. The molecule has 0 radical (unpaired) electrons. The number of aromatic nitrogens is 2. The number of esters is 1. The standard InChI is InChI=1S/C17H16FN3O2S/c1-21-4-3-9-5-13(24-14(9)8-21)16-19-12-7-10(18)6-11(15(12)20-16)17(22)23-2/h5-7H,3-4,8H2,1-2H3,(H,19,20). The summed E-state index contributed by atoms with van der Waals surface area (Å²) < 4.78 is 18.5. The second-order valence-corrected chi connectivity index (χ2v) is 7.11. The molecule has 1 aliphatic rings. The van der Waals surface area contributed by atoms with Crippen LogP contribution in [0.3, 0.4) is 0 Å². The van der Waals surface area contributed by atoms with Crippen LogP contribution in [0, 0.1) is 5.82 Å². The topological polar surface area (TPSA) is 58.2 Å². The van der Waals surface area contributed by atoms with Crippen LogP contribution in [0.15, 0.2) is 18.2 Å². The molecular formula is C17H16FN3O2S. The van der Waals surface area contributed by atoms with Crippen molar-refractivity contribution in [1.82, 2.24) is 14.9 Å². The van der Waals surface area contributed by atoms with E-state index in [4.69, 9.17) is 4.74 Å². The van der Waals surface area contributed by atoms with Gasteiger partial charge < -0.3 is 14.6 Å². The van der Waals surface area contributed by atoms with Crippen molar-refractivity contribution in [3.63, 3.8) is 0 Å². The lowest BCUT2D eigenvalue weighted by molar-refractivity contribution is 0.0602. The number of nitrogens with one attached hydrogen (secondary N) is 1. The number of nitrogens with zero attached hydrogens (tertiary/aromatic N) is 2. The van der Waals surface area contributed by atoms with Gasteiger partial charge in [0.1, 0.15) is 17.2 Å². The molecule has 3 aromatic rings. The molecule has 1 aromatic carbocycles. The highest BCUT2D eigenvalue weighted by molar-refractivity contribution is 7.15. The molecule has 0 bridgehead atoms. The van der Waals surface area contributed by atoms with Crippen LogP contribution >= 0.6 is 11.3 Å². The smallest absolute Gasteiger partial charge is 0.340 e. The first-order chi connectivity index (χ1) is 11.5. The molecule has 0 saturated carbocycles. The molecule has 0 fully saturated rings. The predicted octanol–water partition coefficient (Wildman–Crippen LogP) is 3.21. The van der Waals surface area contributed by atoms with E-state index >= 15 is 0 Å². The highest BCUT2D eigenvalue weighted by Gasteiger charge is 2.21. The van der Waals surface area contributed by atoms with E-state index in [-0.39, 0.29) is 5.56 Å². The number of imidazole rings is 1. The van der Waals surface area contributed by atoms with Crippen LogP contribution in [0.4, 0.5) is 4.39 Å². The second-order valence-electron chi connectivity index (χ2n) is 5.97. The summed E-state index contributed by atoms with van der Waals surface area (Å²) in [6, 6.07) is 4.64. The second kappa shape index (κ2) is 5.68. The first-order valence-electron chi connectivity index (χ1n) is 7.63. The maximum atomic E-state index is 13.8. The van der Waals surface area contributed by atoms with Crippen molar-refractivity contribution in [3.8, 4) is 10.7 Å². The average Bonchev–Trinajstić information content (AvgIpc) is 3.16. The summed E-state index contributed by atoms with van der Waals surface area (Å²) in [6.45, 7) is 1.98. The monoisotopic (exact) mass is 345 g/mol. The Hall–Kier alpha value is -2.25. The predicted molar refractivity (Wildman–Crippen MR) is 90.7 cm³/mol. The first-order valence-corrected chi connectivity index (χ1v) is 8.45. The van der Waals surface area contributed by atoms with E-state index < -0.39 is 11.8 Å². The maximum Gasteiger partial charge on any atom is 0.340 e. The van der Waals surface area contributed by atoms with Crippen molar-refractivity contribution in [3.05, 3.63) is 40.0 Å². The van der Waals surface area contributed by atoms with E-state index in [1.54, 1.807) is 11.3 Å². The van der Waals surface area contributed by atoms with Gasteiger partial charge in [-0.15, -0.1) is 11.3 Å². The number of likely N-dealkylation sites (N-methyl/N-ethyl adjacent to an activating group) is 1. The molecule has 1 N–H and O–H groups in total. The minimum Gasteiger partial charge on any atom is -0.465 e. The zero-order chi connectivity index (χ0) is 16.8. The molecule has 24 heavy (non-hydrogen) atoms. The third-order valence-corrected chi connectivity index (χ3v) is 5.43. The minimum absolute atomic E-state index is 0.135. The van der Waals surface area contributed by atoms with Crippen LogP contribution in [-0.2, 0) is 17.7 Å². The van der Waals surface area contributed by atoms with Crippen molar-refractivity contribution in [1.29, 1.82) is 0 Å². The number of methoxy groups -OCH3 is 1. The molecule has 0 aliphatic carbocycles. The van der Waals surface area contributed by atoms with Crippen molar-refractivity contribution in [2.24, 2.45) is 0 Å². The van der Waals surface area contributed by atoms with Gasteiger partial charge >= 0.3 is 5.97 Å². The summed E-state index contributed by atoms with van der Waals surface area (Å²) in [4.78, 5) is 24.2. The Kier molecular flexibility index (Phi) is 3.62. The van der Waals surface area contributed by atoms with E-state index in [0.29, 0.717) is 16.9 Å². The van der Waals surface area contributed by atoms with Crippen LogP contribution in [0.1, 0.15) is 20.8 Å². The van der Waals surface area contributed by atoms with Gasteiger partial charge in [0.15, 0.2) is 0 Å².